The van der Waals surface area contributed by atoms with Gasteiger partial charge in [-0.05, 0) is 25.7 Å². The Kier molecular flexibility index (Phi) is 7.37. The number of hydrogen-bond acceptors (Lipinski definition) is 3. The molecule has 0 fully saturated rings. The van der Waals surface area contributed by atoms with Gasteiger partial charge >= 0.3 is 0 Å². The summed E-state index contributed by atoms with van der Waals surface area (Å²) < 4.78 is 5.42. The highest BCUT2D eigenvalue weighted by Gasteiger charge is 2.16. The molecule has 0 aliphatic carbocycles. The minimum absolute atomic E-state index is 0.202. The topological polar surface area (TPSA) is 45.0 Å². The molecular formula is C12H24N2O. The Morgan fingerprint density at radius 1 is 1.40 bits per heavy atom. The number of nitrogens with zero attached hydrogens (tertiary/aromatic N) is 1. The molecule has 0 atom stereocenters. The molecule has 0 saturated heterocycles. The van der Waals surface area contributed by atoms with Gasteiger partial charge in [-0.15, -0.1) is 0 Å². The molecule has 0 unspecified atom stereocenters. The van der Waals surface area contributed by atoms with E-state index in [4.69, 9.17) is 10.00 Å². The second kappa shape index (κ2) is 7.67. The van der Waals surface area contributed by atoms with E-state index >= 15 is 0 Å². The summed E-state index contributed by atoms with van der Waals surface area (Å²) in [6.45, 7) is 11.0. The summed E-state index contributed by atoms with van der Waals surface area (Å²) in [5.74, 6) is 0. The van der Waals surface area contributed by atoms with Gasteiger partial charge in [0.2, 0.25) is 0 Å². The van der Waals surface area contributed by atoms with Crippen LogP contribution in [-0.2, 0) is 4.74 Å². The summed E-state index contributed by atoms with van der Waals surface area (Å²) in [5.41, 5.74) is 0.202. The molecule has 0 rings (SSSR count). The maximum absolute atomic E-state index is 8.51. The molecule has 0 aromatic rings. The van der Waals surface area contributed by atoms with Gasteiger partial charge in [0.1, 0.15) is 0 Å². The Hall–Kier alpha value is -0.590. The van der Waals surface area contributed by atoms with E-state index in [9.17, 15) is 0 Å². The highest BCUT2D eigenvalue weighted by Crippen LogP contribution is 2.20. The van der Waals surface area contributed by atoms with Gasteiger partial charge in [0, 0.05) is 19.5 Å². The molecule has 0 radical (unpaired) electrons. The van der Waals surface area contributed by atoms with E-state index in [1.165, 1.54) is 0 Å². The monoisotopic (exact) mass is 212 g/mol. The van der Waals surface area contributed by atoms with Gasteiger partial charge in [-0.3, -0.25) is 0 Å². The molecular weight excluding hydrogens is 188 g/mol. The maximum Gasteiger partial charge on any atom is 0.0621 e. The molecule has 0 heterocycles. The Bertz CT molecular complexity index is 194. The lowest BCUT2D eigenvalue weighted by molar-refractivity contribution is 0.0794. The lowest BCUT2D eigenvalue weighted by Gasteiger charge is -2.23. The summed E-state index contributed by atoms with van der Waals surface area (Å²) in [6, 6.07) is 2.19. The van der Waals surface area contributed by atoms with Crippen LogP contribution in [-0.4, -0.2) is 25.8 Å². The van der Waals surface area contributed by atoms with Gasteiger partial charge in [-0.1, -0.05) is 13.8 Å². The summed E-state index contributed by atoms with van der Waals surface area (Å²) >= 11 is 0. The third-order valence-electron chi connectivity index (χ3n) is 2.25. The Labute approximate surface area is 93.8 Å². The van der Waals surface area contributed by atoms with Crippen LogP contribution in [0.2, 0.25) is 0 Å². The molecule has 0 saturated carbocycles. The SMILES string of the molecule is CC(C)OCCNCC(C)(C)CCC#N. The van der Waals surface area contributed by atoms with Crippen molar-refractivity contribution in [2.75, 3.05) is 19.7 Å². The quantitative estimate of drug-likeness (QED) is 0.628. The zero-order valence-electron chi connectivity index (χ0n) is 10.5. The molecule has 0 spiro atoms. The van der Waals surface area contributed by atoms with Gasteiger partial charge < -0.3 is 10.1 Å². The van der Waals surface area contributed by atoms with E-state index in [1.807, 2.05) is 13.8 Å². The van der Waals surface area contributed by atoms with Crippen LogP contribution in [0, 0.1) is 16.7 Å². The van der Waals surface area contributed by atoms with E-state index in [-0.39, 0.29) is 5.41 Å². The van der Waals surface area contributed by atoms with Crippen molar-refractivity contribution in [3.8, 4) is 6.07 Å². The van der Waals surface area contributed by atoms with Crippen LogP contribution < -0.4 is 5.32 Å². The third-order valence-corrected chi connectivity index (χ3v) is 2.25. The smallest absolute Gasteiger partial charge is 0.0621 e. The first kappa shape index (κ1) is 14.4. The molecule has 0 aliphatic heterocycles. The predicted molar refractivity (Wildman–Crippen MR) is 62.6 cm³/mol. The van der Waals surface area contributed by atoms with Crippen molar-refractivity contribution in [1.82, 2.24) is 5.32 Å². The molecule has 0 aliphatic rings. The van der Waals surface area contributed by atoms with Gasteiger partial charge in [-0.25, -0.2) is 0 Å². The fourth-order valence-corrected chi connectivity index (χ4v) is 1.28. The van der Waals surface area contributed by atoms with Gasteiger partial charge in [-0.2, -0.15) is 5.26 Å². The minimum atomic E-state index is 0.202. The summed E-state index contributed by atoms with van der Waals surface area (Å²) in [7, 11) is 0. The third kappa shape index (κ3) is 9.71. The molecule has 15 heavy (non-hydrogen) atoms. The van der Waals surface area contributed by atoms with Gasteiger partial charge in [0.05, 0.1) is 18.8 Å². The molecule has 0 amide bonds. The lowest BCUT2D eigenvalue weighted by atomic mass is 9.88. The highest BCUT2D eigenvalue weighted by molar-refractivity contribution is 4.78. The van der Waals surface area contributed by atoms with Crippen molar-refractivity contribution < 1.29 is 4.74 Å². The summed E-state index contributed by atoms with van der Waals surface area (Å²) in [6.07, 6.45) is 1.89. The predicted octanol–water partition coefficient (Wildman–Crippen LogP) is 2.33. The fraction of sp³-hybridized carbons (Fsp3) is 0.917. The first-order chi connectivity index (χ1) is 6.98. The fourth-order valence-electron chi connectivity index (χ4n) is 1.28. The van der Waals surface area contributed by atoms with Crippen LogP contribution in [0.1, 0.15) is 40.5 Å². The first-order valence-corrected chi connectivity index (χ1v) is 5.67. The molecule has 0 bridgehead atoms. The van der Waals surface area contributed by atoms with Crippen LogP contribution in [0.5, 0.6) is 0 Å². The minimum Gasteiger partial charge on any atom is -0.377 e. The van der Waals surface area contributed by atoms with Crippen molar-refractivity contribution in [3.05, 3.63) is 0 Å². The van der Waals surface area contributed by atoms with Crippen molar-refractivity contribution in [1.29, 1.82) is 5.26 Å². The first-order valence-electron chi connectivity index (χ1n) is 5.67. The number of rotatable bonds is 8. The molecule has 0 aromatic carbocycles. The average molecular weight is 212 g/mol. The normalized spacial score (nSPS) is 11.7. The Morgan fingerprint density at radius 3 is 2.60 bits per heavy atom. The van der Waals surface area contributed by atoms with Crippen molar-refractivity contribution in [2.24, 2.45) is 5.41 Å². The van der Waals surface area contributed by atoms with Crippen LogP contribution in [0.25, 0.3) is 0 Å². The van der Waals surface area contributed by atoms with Gasteiger partial charge in [0.15, 0.2) is 0 Å². The Balaban J connectivity index is 3.45. The van der Waals surface area contributed by atoms with E-state index < -0.39 is 0 Å². The van der Waals surface area contributed by atoms with Crippen LogP contribution in [0.4, 0.5) is 0 Å². The molecule has 0 aromatic heterocycles. The van der Waals surface area contributed by atoms with Crippen LogP contribution >= 0.6 is 0 Å². The average Bonchev–Trinajstić information content (AvgIpc) is 2.14. The second-order valence-electron chi connectivity index (χ2n) is 4.92. The van der Waals surface area contributed by atoms with Crippen LogP contribution in [0.3, 0.4) is 0 Å². The molecule has 3 heteroatoms. The lowest BCUT2D eigenvalue weighted by Crippen LogP contribution is -2.32. The van der Waals surface area contributed by atoms with Crippen molar-refractivity contribution in [3.63, 3.8) is 0 Å². The summed E-state index contributed by atoms with van der Waals surface area (Å²) in [5, 5.41) is 11.9. The number of nitriles is 1. The highest BCUT2D eigenvalue weighted by atomic mass is 16.5. The second-order valence-corrected chi connectivity index (χ2v) is 4.92. The maximum atomic E-state index is 8.51. The number of nitrogens with one attached hydrogen (secondary N) is 1. The molecule has 3 nitrogen and oxygen atoms in total. The van der Waals surface area contributed by atoms with Crippen molar-refractivity contribution in [2.45, 2.75) is 46.6 Å². The Morgan fingerprint density at radius 2 is 2.07 bits per heavy atom. The van der Waals surface area contributed by atoms with Gasteiger partial charge in [0.25, 0.3) is 0 Å². The zero-order valence-corrected chi connectivity index (χ0v) is 10.5. The van der Waals surface area contributed by atoms with E-state index in [1.54, 1.807) is 0 Å². The van der Waals surface area contributed by atoms with E-state index in [2.05, 4.69) is 25.2 Å². The standard InChI is InChI=1S/C12H24N2O/c1-11(2)15-9-8-14-10-12(3,4)6-5-7-13/h11,14H,5-6,8-10H2,1-4H3. The molecule has 1 N–H and O–H groups in total. The summed E-state index contributed by atoms with van der Waals surface area (Å²) in [4.78, 5) is 0. The molecule has 88 valence electrons. The zero-order chi connectivity index (χ0) is 11.7. The number of hydrogen-bond donors (Lipinski definition) is 1. The van der Waals surface area contributed by atoms with Crippen molar-refractivity contribution >= 4 is 0 Å². The number of ether oxygens (including phenoxy) is 1. The van der Waals surface area contributed by atoms with Crippen LogP contribution in [0.15, 0.2) is 0 Å². The van der Waals surface area contributed by atoms with E-state index in [0.29, 0.717) is 12.5 Å². The van der Waals surface area contributed by atoms with E-state index in [0.717, 1.165) is 26.1 Å². The largest absolute Gasteiger partial charge is 0.377 e.